The zero-order valence-corrected chi connectivity index (χ0v) is 10.4. The third-order valence-electron chi connectivity index (χ3n) is 2.37. The first-order valence-electron chi connectivity index (χ1n) is 5.00. The quantitative estimate of drug-likeness (QED) is 0.826. The van der Waals surface area contributed by atoms with Crippen molar-refractivity contribution in [2.45, 2.75) is 6.42 Å². The first-order valence-corrected chi connectivity index (χ1v) is 7.66. The molecule has 0 spiro atoms. The summed E-state index contributed by atoms with van der Waals surface area (Å²) in [6, 6.07) is 9.67. The van der Waals surface area contributed by atoms with Crippen molar-refractivity contribution in [2.24, 2.45) is 0 Å². The van der Waals surface area contributed by atoms with E-state index in [1.54, 1.807) is 11.6 Å². The first-order chi connectivity index (χ1) is 7.68. The number of nitrogens with zero attached hydrogens (tertiary/aromatic N) is 1. The average molecular weight is 255 g/mol. The van der Waals surface area contributed by atoms with Crippen LogP contribution in [0, 0.1) is 0 Å². The second-order valence-electron chi connectivity index (χ2n) is 3.52. The molecule has 0 N–H and O–H groups in total. The molecule has 1 aromatic carbocycles. The van der Waals surface area contributed by atoms with Crippen LogP contribution in [0.25, 0.3) is 0 Å². The number of hydrogen-bond donors (Lipinski definition) is 0. The fourth-order valence-electron chi connectivity index (χ4n) is 1.45. The van der Waals surface area contributed by atoms with Gasteiger partial charge in [0.1, 0.15) is 0 Å². The molecule has 86 valence electrons. The van der Waals surface area contributed by atoms with E-state index in [9.17, 15) is 8.42 Å². The Morgan fingerprint density at radius 3 is 2.62 bits per heavy atom. The lowest BCUT2D eigenvalue weighted by Gasteiger charge is -2.14. The van der Waals surface area contributed by atoms with Crippen LogP contribution in [0.3, 0.4) is 0 Å². The first kappa shape index (κ1) is 11.5. The Morgan fingerprint density at radius 2 is 2.00 bits per heavy atom. The molecule has 2 rings (SSSR count). The highest BCUT2D eigenvalue weighted by Crippen LogP contribution is 2.19. The van der Waals surface area contributed by atoms with E-state index >= 15 is 0 Å². The predicted octanol–water partition coefficient (Wildman–Crippen LogP) is 2.04. The molecule has 3 nitrogen and oxygen atoms in total. The predicted molar refractivity (Wildman–Crippen MR) is 67.4 cm³/mol. The van der Waals surface area contributed by atoms with Gasteiger partial charge in [0.05, 0.1) is 11.6 Å². The highest BCUT2D eigenvalue weighted by Gasteiger charge is 2.20. The largest absolute Gasteiger partial charge is 0.266 e. The van der Waals surface area contributed by atoms with E-state index in [2.05, 4.69) is 0 Å². The highest BCUT2D eigenvalue weighted by atomic mass is 32.2. The van der Waals surface area contributed by atoms with Gasteiger partial charge in [0, 0.05) is 6.20 Å². The zero-order valence-electron chi connectivity index (χ0n) is 8.74. The second kappa shape index (κ2) is 4.93. The van der Waals surface area contributed by atoms with Gasteiger partial charge in [-0.05, 0) is 17.4 Å². The maximum atomic E-state index is 11.9. The van der Waals surface area contributed by atoms with Crippen LogP contribution in [0.1, 0.15) is 5.56 Å². The Morgan fingerprint density at radius 1 is 1.25 bits per heavy atom. The van der Waals surface area contributed by atoms with Crippen LogP contribution in [0.5, 0.6) is 0 Å². The molecule has 0 amide bonds. The van der Waals surface area contributed by atoms with Crippen LogP contribution < -0.4 is 0 Å². The van der Waals surface area contributed by atoms with Gasteiger partial charge in [-0.3, -0.25) is 4.31 Å². The van der Waals surface area contributed by atoms with Gasteiger partial charge >= 0.3 is 0 Å². The Labute approximate surface area is 100 Å². The van der Waals surface area contributed by atoms with Crippen LogP contribution in [-0.4, -0.2) is 24.4 Å². The number of sulfonamides is 1. The molecule has 0 aromatic heterocycles. The van der Waals surface area contributed by atoms with Crippen LogP contribution in [0.2, 0.25) is 0 Å². The summed E-state index contributed by atoms with van der Waals surface area (Å²) < 4.78 is 25.1. The van der Waals surface area contributed by atoms with Gasteiger partial charge in [-0.25, -0.2) is 8.42 Å². The number of rotatable bonds is 4. The monoisotopic (exact) mass is 255 g/mol. The van der Waals surface area contributed by atoms with E-state index in [1.165, 1.54) is 16.1 Å². The standard InChI is InChI=1S/C11H13NO2S2/c13-16(14,12-7-8-15-10-12)9-6-11-4-2-1-3-5-11/h1-5,7-8H,6,9-10H2. The van der Waals surface area contributed by atoms with Crippen LogP contribution in [0.4, 0.5) is 0 Å². The number of hydrogen-bond acceptors (Lipinski definition) is 3. The van der Waals surface area contributed by atoms with Gasteiger partial charge in [-0.15, -0.1) is 11.8 Å². The van der Waals surface area contributed by atoms with Crippen molar-refractivity contribution in [3.05, 3.63) is 47.5 Å². The molecule has 1 aromatic rings. The maximum Gasteiger partial charge on any atom is 0.235 e. The SMILES string of the molecule is O=S(=O)(CCc1ccccc1)N1C=CSC1. The van der Waals surface area contributed by atoms with E-state index in [-0.39, 0.29) is 5.75 Å². The lowest BCUT2D eigenvalue weighted by atomic mass is 10.2. The van der Waals surface area contributed by atoms with Crippen molar-refractivity contribution in [3.63, 3.8) is 0 Å². The van der Waals surface area contributed by atoms with Crippen molar-refractivity contribution in [1.29, 1.82) is 0 Å². The Balaban J connectivity index is 1.97. The van der Waals surface area contributed by atoms with Crippen LogP contribution in [-0.2, 0) is 16.4 Å². The molecule has 0 saturated heterocycles. The number of aryl methyl sites for hydroxylation is 1. The summed E-state index contributed by atoms with van der Waals surface area (Å²) in [5, 5.41) is 1.81. The minimum atomic E-state index is -3.13. The number of thioether (sulfide) groups is 1. The normalized spacial score (nSPS) is 15.6. The van der Waals surface area contributed by atoms with E-state index < -0.39 is 10.0 Å². The van der Waals surface area contributed by atoms with E-state index in [4.69, 9.17) is 0 Å². The lowest BCUT2D eigenvalue weighted by molar-refractivity contribution is 0.535. The summed E-state index contributed by atoms with van der Waals surface area (Å²) in [4.78, 5) is 0. The Hall–Kier alpha value is -0.940. The van der Waals surface area contributed by atoms with Crippen molar-refractivity contribution in [2.75, 3.05) is 11.6 Å². The van der Waals surface area contributed by atoms with Crippen LogP contribution in [0.15, 0.2) is 41.9 Å². The molecular weight excluding hydrogens is 242 g/mol. The zero-order chi connectivity index (χ0) is 11.4. The van der Waals surface area contributed by atoms with Crippen molar-refractivity contribution in [1.82, 2.24) is 4.31 Å². The number of benzene rings is 1. The maximum absolute atomic E-state index is 11.9. The minimum absolute atomic E-state index is 0.169. The van der Waals surface area contributed by atoms with Gasteiger partial charge in [-0.2, -0.15) is 0 Å². The smallest absolute Gasteiger partial charge is 0.235 e. The molecule has 0 fully saturated rings. The van der Waals surface area contributed by atoms with Crippen molar-refractivity contribution in [3.8, 4) is 0 Å². The third-order valence-corrected chi connectivity index (χ3v) is 4.96. The van der Waals surface area contributed by atoms with Gasteiger partial charge in [-0.1, -0.05) is 30.3 Å². The molecule has 0 bridgehead atoms. The summed E-state index contributed by atoms with van der Waals surface area (Å²) in [7, 11) is -3.13. The summed E-state index contributed by atoms with van der Waals surface area (Å²) in [6.07, 6.45) is 2.20. The Kier molecular flexibility index (Phi) is 3.56. The topological polar surface area (TPSA) is 37.4 Å². The molecule has 1 aliphatic rings. The molecule has 0 saturated carbocycles. The van der Waals surface area contributed by atoms with E-state index in [0.717, 1.165) is 5.56 Å². The average Bonchev–Trinajstić information content (AvgIpc) is 2.82. The van der Waals surface area contributed by atoms with Gasteiger partial charge < -0.3 is 0 Å². The molecule has 5 heteroatoms. The highest BCUT2D eigenvalue weighted by molar-refractivity contribution is 8.03. The molecule has 0 unspecified atom stereocenters. The second-order valence-corrected chi connectivity index (χ2v) is 6.42. The van der Waals surface area contributed by atoms with Crippen LogP contribution >= 0.6 is 11.8 Å². The molecule has 0 atom stereocenters. The van der Waals surface area contributed by atoms with E-state index in [1.807, 2.05) is 30.3 Å². The molecule has 16 heavy (non-hydrogen) atoms. The molecule has 1 aliphatic heterocycles. The van der Waals surface area contributed by atoms with E-state index in [0.29, 0.717) is 12.3 Å². The lowest BCUT2D eigenvalue weighted by Crippen LogP contribution is -2.26. The molecule has 1 heterocycles. The van der Waals surface area contributed by atoms with Crippen molar-refractivity contribution >= 4 is 21.8 Å². The van der Waals surface area contributed by atoms with Crippen molar-refractivity contribution < 1.29 is 8.42 Å². The summed E-state index contributed by atoms with van der Waals surface area (Å²) in [5.41, 5.74) is 1.06. The fourth-order valence-corrected chi connectivity index (χ4v) is 3.88. The third kappa shape index (κ3) is 2.80. The minimum Gasteiger partial charge on any atom is -0.266 e. The van der Waals surface area contributed by atoms with Gasteiger partial charge in [0.2, 0.25) is 10.0 Å². The fraction of sp³-hybridized carbons (Fsp3) is 0.273. The van der Waals surface area contributed by atoms with Gasteiger partial charge in [0.25, 0.3) is 0 Å². The summed E-state index contributed by atoms with van der Waals surface area (Å²) in [5.74, 6) is 0.680. The van der Waals surface area contributed by atoms with Gasteiger partial charge in [0.15, 0.2) is 0 Å². The Bertz CT molecular complexity index is 468. The summed E-state index contributed by atoms with van der Waals surface area (Å²) in [6.45, 7) is 0. The molecule has 0 aliphatic carbocycles. The molecule has 0 radical (unpaired) electrons. The summed E-state index contributed by atoms with van der Waals surface area (Å²) >= 11 is 1.50. The molecular formula is C11H13NO2S2.